The van der Waals surface area contributed by atoms with E-state index in [4.69, 9.17) is 0 Å². The van der Waals surface area contributed by atoms with Crippen LogP contribution in [0.5, 0.6) is 0 Å². The van der Waals surface area contributed by atoms with Crippen LogP contribution in [0.25, 0.3) is 0 Å². The van der Waals surface area contributed by atoms with Gasteiger partial charge in [-0.15, -0.1) is 11.3 Å². The van der Waals surface area contributed by atoms with Crippen molar-refractivity contribution in [3.05, 3.63) is 20.5 Å². The lowest BCUT2D eigenvalue weighted by Crippen LogP contribution is -2.11. The summed E-state index contributed by atoms with van der Waals surface area (Å²) in [6, 6.07) is 0. The predicted octanol–water partition coefficient (Wildman–Crippen LogP) is 3.95. The maximum atomic E-state index is 13.2. The molecule has 0 atom stereocenters. The normalized spacial score (nSPS) is 12.1. The van der Waals surface area contributed by atoms with Crippen LogP contribution in [0.3, 0.4) is 0 Å². The van der Waals surface area contributed by atoms with E-state index in [1.165, 1.54) is 11.3 Å². The van der Waals surface area contributed by atoms with Crippen molar-refractivity contribution >= 4 is 27.3 Å². The highest BCUT2D eigenvalue weighted by atomic mass is 79.9. The first-order valence-electron chi connectivity index (χ1n) is 3.36. The van der Waals surface area contributed by atoms with Gasteiger partial charge in [-0.1, -0.05) is 20.8 Å². The fourth-order valence-corrected chi connectivity index (χ4v) is 2.21. The summed E-state index contributed by atoms with van der Waals surface area (Å²) < 4.78 is 13.8. The minimum Gasteiger partial charge on any atom is -0.204 e. The van der Waals surface area contributed by atoms with Gasteiger partial charge >= 0.3 is 0 Å². The van der Waals surface area contributed by atoms with E-state index in [1.807, 2.05) is 26.2 Å². The molecular formula is C8H10BrFS. The number of halogens is 2. The monoisotopic (exact) mass is 236 g/mol. The number of hydrogen-bond donors (Lipinski definition) is 0. The van der Waals surface area contributed by atoms with E-state index in [2.05, 4.69) is 15.9 Å². The first kappa shape index (κ1) is 9.20. The van der Waals surface area contributed by atoms with Crippen molar-refractivity contribution in [2.45, 2.75) is 26.2 Å². The van der Waals surface area contributed by atoms with E-state index in [0.717, 1.165) is 5.56 Å². The fourth-order valence-electron chi connectivity index (χ4n) is 0.826. The number of hydrogen-bond acceptors (Lipinski definition) is 1. The number of rotatable bonds is 0. The van der Waals surface area contributed by atoms with Gasteiger partial charge in [-0.25, -0.2) is 4.39 Å². The molecule has 0 N–H and O–H groups in total. The van der Waals surface area contributed by atoms with Crippen molar-refractivity contribution in [3.8, 4) is 0 Å². The highest BCUT2D eigenvalue weighted by molar-refractivity contribution is 9.11. The summed E-state index contributed by atoms with van der Waals surface area (Å²) in [6.45, 7) is 6.01. The zero-order chi connectivity index (χ0) is 8.65. The van der Waals surface area contributed by atoms with Crippen molar-refractivity contribution in [2.24, 2.45) is 0 Å². The Bertz CT molecular complexity index is 260. The highest BCUT2D eigenvalue weighted by Gasteiger charge is 2.21. The van der Waals surface area contributed by atoms with Crippen molar-refractivity contribution in [3.63, 3.8) is 0 Å². The Labute approximate surface area is 78.6 Å². The Morgan fingerprint density at radius 2 is 2.00 bits per heavy atom. The maximum absolute atomic E-state index is 13.2. The van der Waals surface area contributed by atoms with Crippen molar-refractivity contribution in [1.29, 1.82) is 0 Å². The zero-order valence-electron chi connectivity index (χ0n) is 6.74. The van der Waals surface area contributed by atoms with Crippen LogP contribution < -0.4 is 0 Å². The Balaban J connectivity index is 3.15. The van der Waals surface area contributed by atoms with Crippen LogP contribution in [-0.2, 0) is 5.41 Å². The molecular weight excluding hydrogens is 227 g/mol. The molecule has 0 saturated carbocycles. The quantitative estimate of drug-likeness (QED) is 0.640. The smallest absolute Gasteiger partial charge is 0.151 e. The summed E-state index contributed by atoms with van der Waals surface area (Å²) in [5.41, 5.74) is 0.696. The van der Waals surface area contributed by atoms with Crippen molar-refractivity contribution in [2.75, 3.05) is 0 Å². The summed E-state index contributed by atoms with van der Waals surface area (Å²) in [6.07, 6.45) is 0. The third kappa shape index (κ3) is 1.82. The molecule has 0 spiro atoms. The minimum absolute atomic E-state index is 0.0907. The Kier molecular flexibility index (Phi) is 2.40. The van der Waals surface area contributed by atoms with Gasteiger partial charge in [-0.05, 0) is 26.7 Å². The van der Waals surface area contributed by atoms with Gasteiger partial charge in [0.25, 0.3) is 0 Å². The van der Waals surface area contributed by atoms with Crippen LogP contribution in [-0.4, -0.2) is 0 Å². The predicted molar refractivity (Wildman–Crippen MR) is 50.7 cm³/mol. The van der Waals surface area contributed by atoms with E-state index in [0.29, 0.717) is 3.79 Å². The second-order valence-corrected chi connectivity index (χ2v) is 5.68. The molecule has 0 aromatic carbocycles. The van der Waals surface area contributed by atoms with Gasteiger partial charge in [0.15, 0.2) is 5.82 Å². The van der Waals surface area contributed by atoms with Crippen LogP contribution in [0, 0.1) is 5.82 Å². The Morgan fingerprint density at radius 1 is 1.45 bits per heavy atom. The van der Waals surface area contributed by atoms with Crippen LogP contribution >= 0.6 is 27.3 Å². The van der Waals surface area contributed by atoms with Crippen molar-refractivity contribution in [1.82, 2.24) is 0 Å². The van der Waals surface area contributed by atoms with E-state index in [9.17, 15) is 4.39 Å². The molecule has 0 aliphatic rings. The van der Waals surface area contributed by atoms with Crippen LogP contribution in [0.1, 0.15) is 26.3 Å². The molecule has 62 valence electrons. The molecule has 1 aromatic heterocycles. The SMILES string of the molecule is CC(C)(C)c1csc(Br)c1F. The topological polar surface area (TPSA) is 0 Å². The van der Waals surface area contributed by atoms with E-state index < -0.39 is 0 Å². The lowest BCUT2D eigenvalue weighted by atomic mass is 9.89. The average molecular weight is 237 g/mol. The van der Waals surface area contributed by atoms with Gasteiger partial charge in [0.1, 0.15) is 3.79 Å². The fraction of sp³-hybridized carbons (Fsp3) is 0.500. The molecule has 0 aliphatic carbocycles. The summed E-state index contributed by atoms with van der Waals surface area (Å²) in [4.78, 5) is 0. The largest absolute Gasteiger partial charge is 0.204 e. The second-order valence-electron chi connectivity index (χ2n) is 3.49. The molecule has 0 aliphatic heterocycles. The minimum atomic E-state index is -0.109. The summed E-state index contributed by atoms with van der Waals surface area (Å²) in [5, 5.41) is 1.86. The van der Waals surface area contributed by atoms with Crippen LogP contribution in [0.4, 0.5) is 4.39 Å². The molecule has 11 heavy (non-hydrogen) atoms. The molecule has 1 rings (SSSR count). The van der Waals surface area contributed by atoms with Gasteiger partial charge in [-0.2, -0.15) is 0 Å². The molecule has 3 heteroatoms. The van der Waals surface area contributed by atoms with E-state index >= 15 is 0 Å². The molecule has 1 aromatic rings. The summed E-state index contributed by atoms with van der Waals surface area (Å²) in [5.74, 6) is -0.109. The summed E-state index contributed by atoms with van der Waals surface area (Å²) in [7, 11) is 0. The lowest BCUT2D eigenvalue weighted by Gasteiger charge is -2.16. The number of thiophene rings is 1. The highest BCUT2D eigenvalue weighted by Crippen LogP contribution is 2.33. The molecule has 0 fully saturated rings. The van der Waals surface area contributed by atoms with Gasteiger partial charge in [0.05, 0.1) is 0 Å². The Morgan fingerprint density at radius 3 is 2.18 bits per heavy atom. The standard InChI is InChI=1S/C8H10BrFS/c1-8(2,3)5-4-11-7(9)6(5)10/h4H,1-3H3. The van der Waals surface area contributed by atoms with Crippen LogP contribution in [0.15, 0.2) is 9.17 Å². The third-order valence-electron chi connectivity index (χ3n) is 1.50. The van der Waals surface area contributed by atoms with Crippen LogP contribution in [0.2, 0.25) is 0 Å². The molecule has 0 saturated heterocycles. The van der Waals surface area contributed by atoms with Gasteiger partial charge in [0.2, 0.25) is 0 Å². The van der Waals surface area contributed by atoms with E-state index in [1.54, 1.807) is 0 Å². The van der Waals surface area contributed by atoms with Gasteiger partial charge < -0.3 is 0 Å². The second kappa shape index (κ2) is 2.87. The molecule has 0 radical (unpaired) electrons. The van der Waals surface area contributed by atoms with E-state index in [-0.39, 0.29) is 11.2 Å². The summed E-state index contributed by atoms with van der Waals surface area (Å²) >= 11 is 4.55. The van der Waals surface area contributed by atoms with Gasteiger partial charge in [0, 0.05) is 5.56 Å². The molecule has 0 amide bonds. The first-order chi connectivity index (χ1) is 4.93. The lowest BCUT2D eigenvalue weighted by molar-refractivity contribution is 0.526. The first-order valence-corrected chi connectivity index (χ1v) is 5.03. The zero-order valence-corrected chi connectivity index (χ0v) is 9.14. The molecule has 0 bridgehead atoms. The maximum Gasteiger partial charge on any atom is 0.151 e. The van der Waals surface area contributed by atoms with Gasteiger partial charge in [-0.3, -0.25) is 0 Å². The third-order valence-corrected chi connectivity index (χ3v) is 3.15. The molecule has 0 nitrogen and oxygen atoms in total. The van der Waals surface area contributed by atoms with Crippen molar-refractivity contribution < 1.29 is 4.39 Å². The molecule has 0 unspecified atom stereocenters. The Hall–Kier alpha value is 0.110. The average Bonchev–Trinajstić information content (AvgIpc) is 2.11. The molecule has 1 heterocycles.